The van der Waals surface area contributed by atoms with Crippen molar-refractivity contribution in [1.29, 1.82) is 0 Å². The van der Waals surface area contributed by atoms with Crippen LogP contribution in [0.2, 0.25) is 5.02 Å². The van der Waals surface area contributed by atoms with E-state index in [9.17, 15) is 4.79 Å². The lowest BCUT2D eigenvalue weighted by molar-refractivity contribution is 0.0966. The van der Waals surface area contributed by atoms with Gasteiger partial charge >= 0.3 is 0 Å². The molecule has 1 aliphatic heterocycles. The van der Waals surface area contributed by atoms with E-state index in [1.54, 1.807) is 6.07 Å². The van der Waals surface area contributed by atoms with Crippen molar-refractivity contribution >= 4 is 40.1 Å². The van der Waals surface area contributed by atoms with Gasteiger partial charge in [0.25, 0.3) is 5.91 Å². The van der Waals surface area contributed by atoms with Crippen molar-refractivity contribution in [2.45, 2.75) is 6.54 Å². The second kappa shape index (κ2) is 2.88. The summed E-state index contributed by atoms with van der Waals surface area (Å²) in [4.78, 5) is 11.2. The first kappa shape index (κ1) is 8.31. The minimum absolute atomic E-state index is 0.0228. The number of halogens is 2. The predicted molar refractivity (Wildman–Crippen MR) is 55.3 cm³/mol. The van der Waals surface area contributed by atoms with E-state index in [0.29, 0.717) is 17.1 Å². The maximum atomic E-state index is 11.2. The monoisotopic (exact) mass is 293 g/mol. The van der Waals surface area contributed by atoms with E-state index >= 15 is 0 Å². The fourth-order valence-corrected chi connectivity index (χ4v) is 2.47. The molecule has 1 aromatic rings. The average molecular weight is 293 g/mol. The van der Waals surface area contributed by atoms with Gasteiger partial charge in [-0.2, -0.15) is 0 Å². The van der Waals surface area contributed by atoms with Crippen LogP contribution in [0.3, 0.4) is 0 Å². The van der Waals surface area contributed by atoms with E-state index in [0.717, 1.165) is 9.13 Å². The Kier molecular flexibility index (Phi) is 2.00. The minimum atomic E-state index is -0.0228. The number of rotatable bonds is 0. The molecule has 2 nitrogen and oxygen atoms in total. The lowest BCUT2D eigenvalue weighted by Gasteiger charge is -1.99. The first-order valence-corrected chi connectivity index (χ1v) is 4.90. The normalized spacial score (nSPS) is 14.3. The zero-order valence-electron chi connectivity index (χ0n) is 6.03. The van der Waals surface area contributed by atoms with Gasteiger partial charge in [-0.3, -0.25) is 4.79 Å². The van der Waals surface area contributed by atoms with Crippen molar-refractivity contribution in [2.24, 2.45) is 0 Å². The van der Waals surface area contributed by atoms with Crippen LogP contribution in [0.25, 0.3) is 0 Å². The molecule has 4 heteroatoms. The van der Waals surface area contributed by atoms with Gasteiger partial charge in [0.15, 0.2) is 0 Å². The van der Waals surface area contributed by atoms with Gasteiger partial charge in [-0.05, 0) is 40.3 Å². The molecular formula is C8H5ClINO. The van der Waals surface area contributed by atoms with Gasteiger partial charge in [0.2, 0.25) is 0 Å². The third kappa shape index (κ3) is 1.21. The molecule has 1 N–H and O–H groups in total. The molecule has 0 saturated carbocycles. The molecule has 1 amide bonds. The molecule has 0 unspecified atom stereocenters. The molecule has 1 heterocycles. The van der Waals surface area contributed by atoms with Gasteiger partial charge in [-0.25, -0.2) is 0 Å². The second-order valence-electron chi connectivity index (χ2n) is 2.60. The van der Waals surface area contributed by atoms with Crippen molar-refractivity contribution in [1.82, 2.24) is 5.32 Å². The van der Waals surface area contributed by atoms with E-state index in [1.807, 2.05) is 6.07 Å². The first-order valence-electron chi connectivity index (χ1n) is 3.44. The van der Waals surface area contributed by atoms with E-state index in [1.165, 1.54) is 0 Å². The maximum absolute atomic E-state index is 11.2. The van der Waals surface area contributed by atoms with Crippen LogP contribution < -0.4 is 5.32 Å². The molecule has 0 atom stereocenters. The first-order chi connectivity index (χ1) is 5.68. The molecule has 1 aromatic carbocycles. The number of fused-ring (bicyclic) bond motifs is 1. The Morgan fingerprint density at radius 1 is 1.50 bits per heavy atom. The summed E-state index contributed by atoms with van der Waals surface area (Å²) >= 11 is 7.99. The highest BCUT2D eigenvalue weighted by atomic mass is 127. The van der Waals surface area contributed by atoms with E-state index in [-0.39, 0.29) is 5.91 Å². The number of nitrogens with one attached hydrogen (secondary N) is 1. The highest BCUT2D eigenvalue weighted by Crippen LogP contribution is 2.25. The largest absolute Gasteiger partial charge is 0.348 e. The van der Waals surface area contributed by atoms with Crippen molar-refractivity contribution in [3.05, 3.63) is 31.9 Å². The van der Waals surface area contributed by atoms with Gasteiger partial charge < -0.3 is 5.32 Å². The van der Waals surface area contributed by atoms with Gasteiger partial charge in [0.05, 0.1) is 0 Å². The second-order valence-corrected chi connectivity index (χ2v) is 4.20. The summed E-state index contributed by atoms with van der Waals surface area (Å²) in [6.07, 6.45) is 0. The minimum Gasteiger partial charge on any atom is -0.348 e. The summed E-state index contributed by atoms with van der Waals surface area (Å²) in [6.45, 7) is 0.629. The van der Waals surface area contributed by atoms with Crippen LogP contribution in [-0.4, -0.2) is 5.91 Å². The smallest absolute Gasteiger partial charge is 0.251 e. The van der Waals surface area contributed by atoms with Crippen LogP contribution >= 0.6 is 34.2 Å². The Morgan fingerprint density at radius 3 is 3.00 bits per heavy atom. The average Bonchev–Trinajstić information content (AvgIpc) is 2.33. The Bertz CT molecular complexity index is 364. The highest BCUT2D eigenvalue weighted by Gasteiger charge is 2.21. The third-order valence-corrected chi connectivity index (χ3v) is 3.01. The van der Waals surface area contributed by atoms with E-state index in [4.69, 9.17) is 11.6 Å². The molecule has 0 bridgehead atoms. The zero-order valence-corrected chi connectivity index (χ0v) is 8.94. The van der Waals surface area contributed by atoms with Crippen LogP contribution in [0, 0.1) is 3.57 Å². The molecule has 0 spiro atoms. The quantitative estimate of drug-likeness (QED) is 0.730. The number of hydrogen-bond acceptors (Lipinski definition) is 1. The Balaban J connectivity index is 2.68. The van der Waals surface area contributed by atoms with Crippen LogP contribution in [-0.2, 0) is 6.54 Å². The molecule has 0 radical (unpaired) electrons. The molecule has 0 saturated heterocycles. The number of amides is 1. The Morgan fingerprint density at radius 2 is 2.25 bits per heavy atom. The van der Waals surface area contributed by atoms with E-state index < -0.39 is 0 Å². The van der Waals surface area contributed by atoms with Crippen LogP contribution in [0.5, 0.6) is 0 Å². The molecule has 0 aliphatic carbocycles. The molecular weight excluding hydrogens is 288 g/mol. The lowest BCUT2D eigenvalue weighted by atomic mass is 10.1. The summed E-state index contributed by atoms with van der Waals surface area (Å²) in [5.41, 5.74) is 1.77. The molecule has 62 valence electrons. The van der Waals surface area contributed by atoms with Crippen molar-refractivity contribution < 1.29 is 4.79 Å². The van der Waals surface area contributed by atoms with Gasteiger partial charge in [-0.1, -0.05) is 11.6 Å². The van der Waals surface area contributed by atoms with Crippen molar-refractivity contribution in [3.63, 3.8) is 0 Å². The predicted octanol–water partition coefficient (Wildman–Crippen LogP) is 2.19. The van der Waals surface area contributed by atoms with Gasteiger partial charge in [0.1, 0.15) is 0 Å². The molecule has 12 heavy (non-hydrogen) atoms. The van der Waals surface area contributed by atoms with Gasteiger partial charge in [0, 0.05) is 20.7 Å². The fourth-order valence-electron chi connectivity index (χ4n) is 1.25. The summed E-state index contributed by atoms with van der Waals surface area (Å²) < 4.78 is 1.05. The molecule has 0 aromatic heterocycles. The number of benzene rings is 1. The summed E-state index contributed by atoms with van der Waals surface area (Å²) in [6, 6.07) is 3.57. The van der Waals surface area contributed by atoms with Crippen LogP contribution in [0.1, 0.15) is 15.9 Å². The number of carbonyl (C=O) groups excluding carboxylic acids is 1. The highest BCUT2D eigenvalue weighted by molar-refractivity contribution is 14.1. The van der Waals surface area contributed by atoms with Crippen LogP contribution in [0.15, 0.2) is 12.1 Å². The maximum Gasteiger partial charge on any atom is 0.251 e. The SMILES string of the molecule is O=C1NCc2c(I)cc(Cl)cc21. The molecule has 2 rings (SSSR count). The topological polar surface area (TPSA) is 29.1 Å². The summed E-state index contributed by atoms with van der Waals surface area (Å²) in [7, 11) is 0. The van der Waals surface area contributed by atoms with Crippen LogP contribution in [0.4, 0.5) is 0 Å². The number of hydrogen-bond donors (Lipinski definition) is 1. The summed E-state index contributed by atoms with van der Waals surface area (Å²) in [5.74, 6) is -0.0228. The molecule has 0 fully saturated rings. The van der Waals surface area contributed by atoms with Crippen molar-refractivity contribution in [3.8, 4) is 0 Å². The Labute approximate surface area is 88.4 Å². The third-order valence-electron chi connectivity index (χ3n) is 1.83. The zero-order chi connectivity index (χ0) is 8.72. The van der Waals surface area contributed by atoms with E-state index in [2.05, 4.69) is 27.9 Å². The Hall–Kier alpha value is -0.290. The van der Waals surface area contributed by atoms with Crippen molar-refractivity contribution in [2.75, 3.05) is 0 Å². The van der Waals surface area contributed by atoms with Gasteiger partial charge in [-0.15, -0.1) is 0 Å². The standard InChI is InChI=1S/C8H5ClINO/c9-4-1-5-6(7(10)2-4)3-11-8(5)12/h1-2H,3H2,(H,11,12). The fraction of sp³-hybridized carbons (Fsp3) is 0.125. The number of carbonyl (C=O) groups is 1. The lowest BCUT2D eigenvalue weighted by Crippen LogP contribution is -2.12. The molecule has 1 aliphatic rings. The summed E-state index contributed by atoms with van der Waals surface area (Å²) in [5, 5.41) is 3.37.